The zero-order valence-corrected chi connectivity index (χ0v) is 8.03. The van der Waals surface area contributed by atoms with E-state index in [4.69, 9.17) is 9.90 Å². The third-order valence-corrected chi connectivity index (χ3v) is 1.31. The maximum atomic E-state index is 8.78. The Kier molecular flexibility index (Phi) is 3.97. The first-order valence-corrected chi connectivity index (χ1v) is 3.82. The molecule has 0 saturated carbocycles. The van der Waals surface area contributed by atoms with E-state index in [2.05, 4.69) is 36.7 Å². The number of carboxylic acid groups (broad SMARTS) is 1. The molecular formula is C8H15N3O2. The van der Waals surface area contributed by atoms with Crippen molar-refractivity contribution >= 4 is 6.09 Å². The Morgan fingerprint density at radius 3 is 2.23 bits per heavy atom. The molecule has 0 spiro atoms. The summed E-state index contributed by atoms with van der Waals surface area (Å²) in [7, 11) is 0. The molecule has 4 N–H and O–H groups in total. The van der Waals surface area contributed by atoms with Gasteiger partial charge in [-0.15, -0.1) is 0 Å². The zero-order chi connectivity index (χ0) is 10.5. The number of nitrogens with two attached hydrogens (primary N) is 1. The minimum Gasteiger partial charge on any atom is -0.465 e. The van der Waals surface area contributed by atoms with Gasteiger partial charge in [-0.2, -0.15) is 5.10 Å². The van der Waals surface area contributed by atoms with Crippen LogP contribution in [0.3, 0.4) is 0 Å². The molecule has 1 aromatic heterocycles. The van der Waals surface area contributed by atoms with Crippen molar-refractivity contribution < 1.29 is 9.90 Å². The van der Waals surface area contributed by atoms with Crippen LogP contribution in [0.4, 0.5) is 4.79 Å². The number of rotatable bonds is 0. The van der Waals surface area contributed by atoms with Gasteiger partial charge in [-0.3, -0.25) is 5.10 Å². The van der Waals surface area contributed by atoms with Crippen LogP contribution in [0.15, 0.2) is 12.3 Å². The summed E-state index contributed by atoms with van der Waals surface area (Å²) in [5, 5.41) is 14.0. The lowest BCUT2D eigenvalue weighted by molar-refractivity contribution is 0.205. The normalized spacial score (nSPS) is 10.1. The summed E-state index contributed by atoms with van der Waals surface area (Å²) in [5.74, 6) is 0. The lowest BCUT2D eigenvalue weighted by Gasteiger charge is -2.14. The Labute approximate surface area is 77.0 Å². The van der Waals surface area contributed by atoms with E-state index in [1.165, 1.54) is 5.69 Å². The van der Waals surface area contributed by atoms with Gasteiger partial charge >= 0.3 is 6.09 Å². The molecule has 0 atom stereocenters. The number of nitrogens with one attached hydrogen (secondary N) is 1. The fourth-order valence-electron chi connectivity index (χ4n) is 0.674. The molecule has 0 unspecified atom stereocenters. The molecule has 0 aliphatic rings. The lowest BCUT2D eigenvalue weighted by atomic mass is 9.93. The SMILES string of the molecule is CC(C)(C)c1ccn[nH]1.NC(=O)O. The monoisotopic (exact) mass is 185 g/mol. The predicted molar refractivity (Wildman–Crippen MR) is 49.5 cm³/mol. The number of hydrogen-bond donors (Lipinski definition) is 3. The second kappa shape index (κ2) is 4.49. The van der Waals surface area contributed by atoms with E-state index in [9.17, 15) is 0 Å². The minimum atomic E-state index is -1.33. The van der Waals surface area contributed by atoms with Crippen molar-refractivity contribution in [2.75, 3.05) is 0 Å². The molecule has 1 amide bonds. The first-order chi connectivity index (χ1) is 5.84. The summed E-state index contributed by atoms with van der Waals surface area (Å²) >= 11 is 0. The van der Waals surface area contributed by atoms with Gasteiger partial charge < -0.3 is 10.8 Å². The molecule has 1 rings (SSSR count). The molecule has 0 radical (unpaired) electrons. The second-order valence-corrected chi connectivity index (χ2v) is 3.56. The Morgan fingerprint density at radius 2 is 2.08 bits per heavy atom. The van der Waals surface area contributed by atoms with Crippen LogP contribution in [0, 0.1) is 0 Å². The molecule has 13 heavy (non-hydrogen) atoms. The Hall–Kier alpha value is -1.52. The molecule has 5 nitrogen and oxygen atoms in total. The molecule has 0 fully saturated rings. The van der Waals surface area contributed by atoms with Crippen LogP contribution < -0.4 is 5.73 Å². The van der Waals surface area contributed by atoms with Crippen molar-refractivity contribution in [2.24, 2.45) is 5.73 Å². The smallest absolute Gasteiger partial charge is 0.402 e. The van der Waals surface area contributed by atoms with Gasteiger partial charge in [0.15, 0.2) is 0 Å². The number of amides is 1. The standard InChI is InChI=1S/C7H12N2.CH3NO2/c1-7(2,3)6-4-5-8-9-6;2-1(3)4/h4-5H,1-3H3,(H,8,9);2H2,(H,3,4). The van der Waals surface area contributed by atoms with Gasteiger partial charge in [0, 0.05) is 17.3 Å². The average molecular weight is 185 g/mol. The molecule has 0 aliphatic heterocycles. The number of aromatic nitrogens is 2. The molecule has 1 heterocycles. The van der Waals surface area contributed by atoms with Gasteiger partial charge in [-0.1, -0.05) is 20.8 Å². The van der Waals surface area contributed by atoms with Crippen LogP contribution in [0.5, 0.6) is 0 Å². The molecule has 0 bridgehead atoms. The molecule has 74 valence electrons. The summed E-state index contributed by atoms with van der Waals surface area (Å²) in [5.41, 5.74) is 5.42. The van der Waals surface area contributed by atoms with E-state index < -0.39 is 6.09 Å². The highest BCUT2D eigenvalue weighted by molar-refractivity contribution is 5.61. The van der Waals surface area contributed by atoms with Gasteiger partial charge in [0.25, 0.3) is 0 Å². The van der Waals surface area contributed by atoms with Crippen molar-refractivity contribution in [3.05, 3.63) is 18.0 Å². The third-order valence-electron chi connectivity index (χ3n) is 1.31. The van der Waals surface area contributed by atoms with Gasteiger partial charge in [0.1, 0.15) is 0 Å². The maximum Gasteiger partial charge on any atom is 0.402 e. The van der Waals surface area contributed by atoms with E-state index in [1.807, 2.05) is 6.07 Å². The van der Waals surface area contributed by atoms with Crippen LogP contribution in [0.1, 0.15) is 26.5 Å². The number of carbonyl (C=O) groups is 1. The fraction of sp³-hybridized carbons (Fsp3) is 0.500. The predicted octanol–water partition coefficient (Wildman–Crippen LogP) is 1.33. The Balaban J connectivity index is 0.000000310. The average Bonchev–Trinajstić information content (AvgIpc) is 2.31. The van der Waals surface area contributed by atoms with E-state index in [0.717, 1.165) is 0 Å². The van der Waals surface area contributed by atoms with Crippen molar-refractivity contribution in [1.82, 2.24) is 10.2 Å². The van der Waals surface area contributed by atoms with Crippen molar-refractivity contribution in [3.8, 4) is 0 Å². The van der Waals surface area contributed by atoms with Gasteiger partial charge in [0.2, 0.25) is 0 Å². The molecule has 0 aromatic carbocycles. The van der Waals surface area contributed by atoms with E-state index in [0.29, 0.717) is 0 Å². The number of hydrogen-bond acceptors (Lipinski definition) is 2. The lowest BCUT2D eigenvalue weighted by Crippen LogP contribution is -2.11. The van der Waals surface area contributed by atoms with Crippen molar-refractivity contribution in [2.45, 2.75) is 26.2 Å². The van der Waals surface area contributed by atoms with Crippen LogP contribution in [-0.2, 0) is 5.41 Å². The van der Waals surface area contributed by atoms with Crippen LogP contribution >= 0.6 is 0 Å². The van der Waals surface area contributed by atoms with E-state index >= 15 is 0 Å². The largest absolute Gasteiger partial charge is 0.465 e. The minimum absolute atomic E-state index is 0.205. The third kappa shape index (κ3) is 5.72. The number of H-pyrrole nitrogens is 1. The van der Waals surface area contributed by atoms with Gasteiger partial charge in [0.05, 0.1) is 0 Å². The second-order valence-electron chi connectivity index (χ2n) is 3.56. The molecular weight excluding hydrogens is 170 g/mol. The Morgan fingerprint density at radius 1 is 1.62 bits per heavy atom. The highest BCUT2D eigenvalue weighted by Crippen LogP contribution is 2.17. The fourth-order valence-corrected chi connectivity index (χ4v) is 0.674. The molecule has 0 saturated heterocycles. The zero-order valence-electron chi connectivity index (χ0n) is 8.03. The molecule has 0 aliphatic carbocycles. The van der Waals surface area contributed by atoms with Crippen LogP contribution in [-0.4, -0.2) is 21.4 Å². The summed E-state index contributed by atoms with van der Waals surface area (Å²) in [6.45, 7) is 6.46. The van der Waals surface area contributed by atoms with E-state index in [-0.39, 0.29) is 5.41 Å². The topological polar surface area (TPSA) is 92.0 Å². The quantitative estimate of drug-likeness (QED) is 0.569. The van der Waals surface area contributed by atoms with Gasteiger partial charge in [-0.05, 0) is 6.07 Å². The summed E-state index contributed by atoms with van der Waals surface area (Å²) in [6.07, 6.45) is 0.445. The maximum absolute atomic E-state index is 8.78. The van der Waals surface area contributed by atoms with Crippen molar-refractivity contribution in [1.29, 1.82) is 0 Å². The molecule has 1 aromatic rings. The first-order valence-electron chi connectivity index (χ1n) is 3.82. The summed E-state index contributed by atoms with van der Waals surface area (Å²) < 4.78 is 0. The van der Waals surface area contributed by atoms with Crippen LogP contribution in [0.2, 0.25) is 0 Å². The number of nitrogens with zero attached hydrogens (tertiary/aromatic N) is 1. The number of aromatic amines is 1. The first kappa shape index (κ1) is 11.5. The highest BCUT2D eigenvalue weighted by atomic mass is 16.4. The number of primary amides is 1. The Bertz CT molecular complexity index is 245. The summed E-state index contributed by atoms with van der Waals surface area (Å²) in [6, 6.07) is 2.00. The highest BCUT2D eigenvalue weighted by Gasteiger charge is 2.13. The van der Waals surface area contributed by atoms with Crippen molar-refractivity contribution in [3.63, 3.8) is 0 Å². The van der Waals surface area contributed by atoms with Crippen LogP contribution in [0.25, 0.3) is 0 Å². The summed E-state index contributed by atoms with van der Waals surface area (Å²) in [4.78, 5) is 8.78. The van der Waals surface area contributed by atoms with E-state index in [1.54, 1.807) is 6.20 Å². The molecule has 5 heteroatoms. The van der Waals surface area contributed by atoms with Gasteiger partial charge in [-0.25, -0.2) is 4.79 Å².